The molecule has 0 radical (unpaired) electrons. The van der Waals surface area contributed by atoms with Gasteiger partial charge in [0.1, 0.15) is 11.3 Å². The Hall–Kier alpha value is -2.78. The predicted molar refractivity (Wildman–Crippen MR) is 106 cm³/mol. The van der Waals surface area contributed by atoms with Gasteiger partial charge in [0.05, 0.1) is 11.3 Å². The van der Waals surface area contributed by atoms with Gasteiger partial charge in [0, 0.05) is 37.7 Å². The molecule has 2 aliphatic carbocycles. The van der Waals surface area contributed by atoms with Gasteiger partial charge >= 0.3 is 12.1 Å². The van der Waals surface area contributed by atoms with Crippen molar-refractivity contribution >= 4 is 11.9 Å². The van der Waals surface area contributed by atoms with Crippen LogP contribution in [0.15, 0.2) is 10.6 Å². The van der Waals surface area contributed by atoms with Crippen LogP contribution in [0, 0.1) is 11.3 Å². The van der Waals surface area contributed by atoms with Crippen LogP contribution < -0.4 is 0 Å². The van der Waals surface area contributed by atoms with Crippen LogP contribution in [-0.4, -0.2) is 44.8 Å². The molecule has 2 fully saturated rings. The van der Waals surface area contributed by atoms with Crippen LogP contribution in [0.2, 0.25) is 0 Å². The van der Waals surface area contributed by atoms with E-state index in [1.54, 1.807) is 10.9 Å². The molecule has 0 unspecified atom stereocenters. The van der Waals surface area contributed by atoms with Crippen LogP contribution in [0.3, 0.4) is 0 Å². The van der Waals surface area contributed by atoms with Gasteiger partial charge in [-0.1, -0.05) is 6.92 Å². The highest BCUT2D eigenvalue weighted by Gasteiger charge is 2.48. The molecule has 1 saturated carbocycles. The second kappa shape index (κ2) is 7.11. The van der Waals surface area contributed by atoms with Gasteiger partial charge in [-0.2, -0.15) is 18.3 Å². The number of fused-ring (bicyclic) bond motifs is 3. The fourth-order valence-corrected chi connectivity index (χ4v) is 4.89. The Labute approximate surface area is 182 Å². The third-order valence-electron chi connectivity index (χ3n) is 7.02. The number of hydrogen-bond donors (Lipinski definition) is 1. The number of hydrogen-bond acceptors (Lipinski definition) is 4. The average Bonchev–Trinajstić information content (AvgIpc) is 3.17. The predicted octanol–water partition coefficient (Wildman–Crippen LogP) is 4.00. The first-order valence-electron chi connectivity index (χ1n) is 10.9. The zero-order chi connectivity index (χ0) is 22.8. The van der Waals surface area contributed by atoms with Gasteiger partial charge in [-0.15, -0.1) is 0 Å². The Morgan fingerprint density at radius 2 is 1.94 bits per heavy atom. The van der Waals surface area contributed by atoms with Crippen LogP contribution in [0.4, 0.5) is 13.2 Å². The van der Waals surface area contributed by atoms with Crippen molar-refractivity contribution in [1.29, 1.82) is 0 Å². The Morgan fingerprint density at radius 3 is 2.53 bits per heavy atom. The number of piperidine rings is 1. The Morgan fingerprint density at radius 1 is 1.25 bits per heavy atom. The smallest absolute Gasteiger partial charge is 0.421 e. The zero-order valence-electron chi connectivity index (χ0n) is 17.7. The average molecular weight is 451 g/mol. The van der Waals surface area contributed by atoms with Crippen LogP contribution in [0.25, 0.3) is 11.3 Å². The maximum absolute atomic E-state index is 13.7. The number of alkyl halides is 3. The summed E-state index contributed by atoms with van der Waals surface area (Å²) in [7, 11) is 0. The number of furan rings is 1. The molecule has 1 amide bonds. The molecule has 0 spiro atoms. The molecule has 1 N–H and O–H groups in total. The van der Waals surface area contributed by atoms with Crippen molar-refractivity contribution < 1.29 is 32.3 Å². The largest absolute Gasteiger partial charge is 0.475 e. The molecule has 32 heavy (non-hydrogen) atoms. The van der Waals surface area contributed by atoms with Gasteiger partial charge in [0.25, 0.3) is 0 Å². The van der Waals surface area contributed by atoms with Gasteiger partial charge < -0.3 is 14.4 Å². The number of carbonyl (C=O) groups is 2. The lowest BCUT2D eigenvalue weighted by molar-refractivity contribution is -0.138. The molecule has 0 atom stereocenters. The number of carbonyl (C=O) groups excluding carboxylic acids is 1. The maximum atomic E-state index is 13.7. The number of rotatable bonds is 4. The second-order valence-corrected chi connectivity index (χ2v) is 9.43. The molecule has 1 saturated heterocycles. The van der Waals surface area contributed by atoms with Crippen molar-refractivity contribution in [2.45, 2.75) is 58.2 Å². The summed E-state index contributed by atoms with van der Waals surface area (Å²) in [5.74, 6) is -2.30. The second-order valence-electron chi connectivity index (χ2n) is 9.43. The number of amides is 1. The van der Waals surface area contributed by atoms with E-state index in [1.807, 2.05) is 11.8 Å². The molecular formula is C22H24F3N3O4. The minimum atomic E-state index is -4.86. The molecule has 3 aliphatic rings. The van der Waals surface area contributed by atoms with Crippen molar-refractivity contribution in [2.24, 2.45) is 11.3 Å². The number of nitrogens with zero attached hydrogens (tertiary/aromatic N) is 3. The van der Waals surface area contributed by atoms with Crippen LogP contribution in [0.1, 0.15) is 60.0 Å². The summed E-state index contributed by atoms with van der Waals surface area (Å²) in [5, 5.41) is 13.6. The highest BCUT2D eigenvalue weighted by molar-refractivity contribution is 5.91. The molecule has 0 bridgehead atoms. The first kappa shape index (κ1) is 21.1. The normalized spacial score (nSPS) is 20.1. The minimum Gasteiger partial charge on any atom is -0.475 e. The number of carboxylic acid groups (broad SMARTS) is 1. The van der Waals surface area contributed by atoms with Gasteiger partial charge in [0.15, 0.2) is 0 Å². The molecule has 10 heteroatoms. The van der Waals surface area contributed by atoms with Crippen LogP contribution >= 0.6 is 0 Å². The summed E-state index contributed by atoms with van der Waals surface area (Å²) >= 11 is 0. The fraction of sp³-hybridized carbons (Fsp3) is 0.591. The first-order chi connectivity index (χ1) is 15.1. The number of aromatic nitrogens is 2. The van der Waals surface area contributed by atoms with E-state index in [0.717, 1.165) is 25.7 Å². The lowest BCUT2D eigenvalue weighted by Crippen LogP contribution is -2.42. The van der Waals surface area contributed by atoms with E-state index in [4.69, 9.17) is 4.42 Å². The molecule has 7 nitrogen and oxygen atoms in total. The molecule has 0 aromatic carbocycles. The van der Waals surface area contributed by atoms with E-state index in [1.165, 1.54) is 0 Å². The summed E-state index contributed by atoms with van der Waals surface area (Å²) in [6, 6.07) is 0. The van der Waals surface area contributed by atoms with Crippen molar-refractivity contribution in [3.63, 3.8) is 0 Å². The Kier molecular flexibility index (Phi) is 4.69. The maximum Gasteiger partial charge on any atom is 0.421 e. The number of carboxylic acids is 1. The number of likely N-dealkylation sites (tertiary alicyclic amines) is 1. The fourth-order valence-electron chi connectivity index (χ4n) is 4.89. The number of halogens is 3. The number of aromatic carboxylic acids is 1. The molecular weight excluding hydrogens is 427 g/mol. The molecule has 1 aliphatic heterocycles. The summed E-state index contributed by atoms with van der Waals surface area (Å²) in [4.78, 5) is 25.8. The van der Waals surface area contributed by atoms with Crippen molar-refractivity contribution in [3.05, 3.63) is 28.8 Å². The van der Waals surface area contributed by atoms with Gasteiger partial charge in [0.2, 0.25) is 11.7 Å². The summed E-state index contributed by atoms with van der Waals surface area (Å²) in [6.07, 6.45) is 1.07. The van der Waals surface area contributed by atoms with Crippen molar-refractivity contribution in [2.75, 3.05) is 13.1 Å². The van der Waals surface area contributed by atoms with E-state index in [0.29, 0.717) is 31.6 Å². The van der Waals surface area contributed by atoms with Gasteiger partial charge in [-0.3, -0.25) is 9.48 Å². The lowest BCUT2D eigenvalue weighted by atomic mass is 9.93. The summed E-state index contributed by atoms with van der Waals surface area (Å²) in [6.45, 7) is 3.93. The van der Waals surface area contributed by atoms with Crippen LogP contribution in [0.5, 0.6) is 0 Å². The number of aryl methyl sites for hydroxylation is 2. The van der Waals surface area contributed by atoms with Crippen molar-refractivity contribution in [3.8, 4) is 11.3 Å². The van der Waals surface area contributed by atoms with Crippen LogP contribution in [-0.2, 0) is 30.4 Å². The van der Waals surface area contributed by atoms with Crippen molar-refractivity contribution in [1.82, 2.24) is 14.7 Å². The van der Waals surface area contributed by atoms with E-state index >= 15 is 0 Å². The highest BCUT2D eigenvalue weighted by Crippen LogP contribution is 2.47. The topological polar surface area (TPSA) is 88.6 Å². The highest BCUT2D eigenvalue weighted by atomic mass is 19.4. The Bertz CT molecular complexity index is 1090. The zero-order valence-corrected chi connectivity index (χ0v) is 17.7. The Balaban J connectivity index is 1.35. The molecule has 2 aromatic heterocycles. The van der Waals surface area contributed by atoms with E-state index in [2.05, 4.69) is 5.10 Å². The third-order valence-corrected chi connectivity index (χ3v) is 7.02. The van der Waals surface area contributed by atoms with E-state index < -0.39 is 23.5 Å². The lowest BCUT2D eigenvalue weighted by Gasteiger charge is -2.33. The minimum absolute atomic E-state index is 0.0212. The van der Waals surface area contributed by atoms with Gasteiger partial charge in [-0.25, -0.2) is 4.79 Å². The van der Waals surface area contributed by atoms with Gasteiger partial charge in [-0.05, 0) is 43.6 Å². The van der Waals surface area contributed by atoms with E-state index in [9.17, 15) is 27.9 Å². The molecule has 5 rings (SSSR count). The monoisotopic (exact) mass is 451 g/mol. The molecule has 2 aromatic rings. The first-order valence-corrected chi connectivity index (χ1v) is 10.9. The molecule has 172 valence electrons. The quantitative estimate of drug-likeness (QED) is 0.759. The summed E-state index contributed by atoms with van der Waals surface area (Å²) in [5.41, 5.74) is -0.861. The van der Waals surface area contributed by atoms with E-state index in [-0.39, 0.29) is 40.7 Å². The SMILES string of the molecule is CC1(C(=O)N2CCC(Cn3cc4c(n3)-c3c(oc(C(=O)O)c3C(F)(F)F)CC4)CC2)CC1. The standard InChI is InChI=1S/C22H24F3N3O4/c1-21(6-7-21)20(31)27-8-4-12(5-9-27)10-28-11-13-2-3-14-15(17(13)26-28)16(22(23,24)25)18(32-14)19(29)30/h11-12H,2-10H2,1H3,(H,29,30). The third kappa shape index (κ3) is 3.49. The molecule has 3 heterocycles. The summed E-state index contributed by atoms with van der Waals surface area (Å²) < 4.78 is 47.9.